The van der Waals surface area contributed by atoms with Gasteiger partial charge >= 0.3 is 0 Å². The molecule has 2 aliphatic heterocycles. The van der Waals surface area contributed by atoms with Crippen LogP contribution in [0.15, 0.2) is 54.6 Å². The zero-order chi connectivity index (χ0) is 19.3. The average Bonchev–Trinajstić information content (AvgIpc) is 3.09. The molecule has 1 saturated heterocycles. The molecule has 2 aromatic carbocycles. The highest BCUT2D eigenvalue weighted by atomic mass is 16.3. The van der Waals surface area contributed by atoms with Crippen molar-refractivity contribution in [2.45, 2.75) is 25.1 Å². The van der Waals surface area contributed by atoms with Gasteiger partial charge in [0.2, 0.25) is 11.8 Å². The van der Waals surface area contributed by atoms with E-state index >= 15 is 0 Å². The van der Waals surface area contributed by atoms with Crippen molar-refractivity contribution < 1.29 is 14.7 Å². The lowest BCUT2D eigenvalue weighted by molar-refractivity contribution is -0.158. The lowest BCUT2D eigenvalue weighted by atomic mass is 9.93. The summed E-state index contributed by atoms with van der Waals surface area (Å²) in [5.74, 6) is -0.167. The van der Waals surface area contributed by atoms with Crippen LogP contribution in [0.1, 0.15) is 22.9 Å². The van der Waals surface area contributed by atoms with E-state index in [9.17, 15) is 14.7 Å². The average molecular weight is 375 g/mol. The number of amides is 2. The number of carbonyl (C=O) groups excluding carboxylic acids is 2. The fourth-order valence-corrected chi connectivity index (χ4v) is 4.38. The number of fused-ring (bicyclic) bond motifs is 4. The third kappa shape index (κ3) is 2.68. The number of piperazine rings is 1. The van der Waals surface area contributed by atoms with Gasteiger partial charge in [-0.3, -0.25) is 9.59 Å². The van der Waals surface area contributed by atoms with E-state index < -0.39 is 12.1 Å². The molecule has 3 aromatic rings. The third-order valence-corrected chi connectivity index (χ3v) is 5.83. The molecule has 142 valence electrons. The Morgan fingerprint density at radius 3 is 2.61 bits per heavy atom. The van der Waals surface area contributed by atoms with Gasteiger partial charge in [0.1, 0.15) is 6.04 Å². The summed E-state index contributed by atoms with van der Waals surface area (Å²) in [6.45, 7) is 0.558. The van der Waals surface area contributed by atoms with Gasteiger partial charge in [-0.15, -0.1) is 0 Å². The fourth-order valence-electron chi connectivity index (χ4n) is 4.38. The molecule has 3 heterocycles. The molecule has 6 nitrogen and oxygen atoms in total. The molecule has 2 aliphatic rings. The maximum Gasteiger partial charge on any atom is 0.246 e. The van der Waals surface area contributed by atoms with Crippen molar-refractivity contribution in [3.05, 3.63) is 71.4 Å². The predicted octanol–water partition coefficient (Wildman–Crippen LogP) is 2.00. The predicted molar refractivity (Wildman–Crippen MR) is 104 cm³/mol. The Hall–Kier alpha value is -3.12. The number of para-hydroxylation sites is 1. The van der Waals surface area contributed by atoms with Gasteiger partial charge in [-0.05, 0) is 17.2 Å². The number of H-pyrrole nitrogens is 1. The second-order valence-corrected chi connectivity index (χ2v) is 7.51. The van der Waals surface area contributed by atoms with Gasteiger partial charge in [0, 0.05) is 23.0 Å². The van der Waals surface area contributed by atoms with E-state index in [0.717, 1.165) is 27.7 Å². The monoisotopic (exact) mass is 375 g/mol. The largest absolute Gasteiger partial charge is 0.387 e. The van der Waals surface area contributed by atoms with Crippen LogP contribution in [0.4, 0.5) is 0 Å². The van der Waals surface area contributed by atoms with Crippen molar-refractivity contribution in [2.75, 3.05) is 13.1 Å². The molecule has 5 rings (SSSR count). The van der Waals surface area contributed by atoms with Gasteiger partial charge in [0.05, 0.1) is 25.7 Å². The molecule has 6 heteroatoms. The molecule has 2 atom stereocenters. The molecule has 1 unspecified atom stereocenters. The Labute approximate surface area is 162 Å². The van der Waals surface area contributed by atoms with Crippen molar-refractivity contribution in [3.63, 3.8) is 0 Å². The van der Waals surface area contributed by atoms with Crippen LogP contribution in [-0.2, 0) is 22.6 Å². The molecule has 2 amide bonds. The van der Waals surface area contributed by atoms with Crippen LogP contribution in [0.25, 0.3) is 10.9 Å². The topological polar surface area (TPSA) is 76.6 Å². The number of hydrogen-bond donors (Lipinski definition) is 2. The second kappa shape index (κ2) is 6.49. The molecule has 1 aromatic heterocycles. The number of nitrogens with zero attached hydrogens (tertiary/aromatic N) is 2. The summed E-state index contributed by atoms with van der Waals surface area (Å²) in [6, 6.07) is 16.7. The lowest BCUT2D eigenvalue weighted by Gasteiger charge is -2.43. The summed E-state index contributed by atoms with van der Waals surface area (Å²) < 4.78 is 0. The number of carbonyl (C=O) groups is 2. The van der Waals surface area contributed by atoms with Gasteiger partial charge in [0.15, 0.2) is 0 Å². The summed E-state index contributed by atoms with van der Waals surface area (Å²) in [5.41, 5.74) is 3.90. The van der Waals surface area contributed by atoms with Crippen molar-refractivity contribution in [1.82, 2.24) is 14.8 Å². The van der Waals surface area contributed by atoms with Crippen LogP contribution < -0.4 is 0 Å². The van der Waals surface area contributed by atoms with E-state index in [1.807, 2.05) is 54.6 Å². The molecule has 0 bridgehead atoms. The van der Waals surface area contributed by atoms with E-state index in [4.69, 9.17) is 0 Å². The fraction of sp³-hybridized carbons (Fsp3) is 0.273. The number of aliphatic hydroxyl groups excluding tert-OH is 1. The maximum absolute atomic E-state index is 13.2. The number of hydrogen-bond acceptors (Lipinski definition) is 3. The minimum absolute atomic E-state index is 0.00872. The third-order valence-electron chi connectivity index (χ3n) is 5.83. The SMILES string of the molecule is O=C1[C@H]2Cc3c([nH]c4ccccc34)CN2C(=O)CN1CC(O)c1ccccc1. The summed E-state index contributed by atoms with van der Waals surface area (Å²) in [4.78, 5) is 32.5. The number of nitrogens with one attached hydrogen (secondary N) is 1. The molecule has 2 N–H and O–H groups in total. The highest BCUT2D eigenvalue weighted by Gasteiger charge is 2.43. The number of aromatic nitrogens is 1. The molecule has 1 fully saturated rings. The minimum atomic E-state index is -0.809. The highest BCUT2D eigenvalue weighted by Crippen LogP contribution is 2.32. The quantitative estimate of drug-likeness (QED) is 0.735. The molecule has 0 aliphatic carbocycles. The van der Waals surface area contributed by atoms with Gasteiger partial charge in [-0.2, -0.15) is 0 Å². The van der Waals surface area contributed by atoms with E-state index in [1.54, 1.807) is 4.90 Å². The molecule has 28 heavy (non-hydrogen) atoms. The molecular formula is C22H21N3O3. The number of β-amino-alcohol motifs (C(OH)–C–C–N with tert-alkyl or cyclic N) is 1. The Morgan fingerprint density at radius 2 is 1.79 bits per heavy atom. The first-order valence-electron chi connectivity index (χ1n) is 9.51. The van der Waals surface area contributed by atoms with Crippen molar-refractivity contribution >= 4 is 22.7 Å². The molecule has 0 saturated carbocycles. The smallest absolute Gasteiger partial charge is 0.246 e. The highest BCUT2D eigenvalue weighted by molar-refractivity contribution is 5.96. The summed E-state index contributed by atoms with van der Waals surface area (Å²) >= 11 is 0. The normalized spacial score (nSPS) is 20.2. The Kier molecular flexibility index (Phi) is 3.94. The van der Waals surface area contributed by atoms with Gasteiger partial charge < -0.3 is 19.9 Å². The van der Waals surface area contributed by atoms with Crippen molar-refractivity contribution in [2.24, 2.45) is 0 Å². The van der Waals surface area contributed by atoms with Crippen molar-refractivity contribution in [3.8, 4) is 0 Å². The Morgan fingerprint density at radius 1 is 1.04 bits per heavy atom. The number of benzene rings is 2. The molecular weight excluding hydrogens is 354 g/mol. The number of rotatable bonds is 3. The maximum atomic E-state index is 13.2. The van der Waals surface area contributed by atoms with Crippen LogP contribution in [-0.4, -0.2) is 50.8 Å². The molecule has 0 spiro atoms. The zero-order valence-electron chi connectivity index (χ0n) is 15.3. The minimum Gasteiger partial charge on any atom is -0.387 e. The second-order valence-electron chi connectivity index (χ2n) is 7.51. The van der Waals surface area contributed by atoms with Crippen LogP contribution in [0.2, 0.25) is 0 Å². The number of aliphatic hydroxyl groups is 1. The van der Waals surface area contributed by atoms with E-state index in [-0.39, 0.29) is 24.9 Å². The van der Waals surface area contributed by atoms with Crippen LogP contribution >= 0.6 is 0 Å². The van der Waals surface area contributed by atoms with E-state index in [1.165, 1.54) is 4.90 Å². The Bertz CT molecular complexity index is 1060. The number of aromatic amines is 1. The van der Waals surface area contributed by atoms with Crippen LogP contribution in [0.3, 0.4) is 0 Å². The standard InChI is InChI=1S/C22H21N3O3/c26-20(14-6-2-1-3-7-14)12-24-13-21(27)25-11-18-16(10-19(25)22(24)28)15-8-4-5-9-17(15)23-18/h1-9,19-20,23,26H,10-13H2/t19-,20?/m1/s1. The summed E-state index contributed by atoms with van der Waals surface area (Å²) in [7, 11) is 0. The summed E-state index contributed by atoms with van der Waals surface area (Å²) in [6.07, 6.45) is -0.307. The van der Waals surface area contributed by atoms with Crippen LogP contribution in [0, 0.1) is 0 Å². The Balaban J connectivity index is 1.42. The van der Waals surface area contributed by atoms with Crippen LogP contribution in [0.5, 0.6) is 0 Å². The van der Waals surface area contributed by atoms with Crippen molar-refractivity contribution in [1.29, 1.82) is 0 Å². The van der Waals surface area contributed by atoms with E-state index in [2.05, 4.69) is 4.98 Å². The first-order valence-corrected chi connectivity index (χ1v) is 9.51. The van der Waals surface area contributed by atoms with E-state index in [0.29, 0.717) is 13.0 Å². The zero-order valence-corrected chi connectivity index (χ0v) is 15.3. The van der Waals surface area contributed by atoms with Gasteiger partial charge in [-0.25, -0.2) is 0 Å². The van der Waals surface area contributed by atoms with Gasteiger partial charge in [0.25, 0.3) is 0 Å². The first-order chi connectivity index (χ1) is 13.6. The first kappa shape index (κ1) is 17.0. The van der Waals surface area contributed by atoms with Gasteiger partial charge in [-0.1, -0.05) is 48.5 Å². The lowest BCUT2D eigenvalue weighted by Crippen LogP contribution is -2.62. The molecule has 0 radical (unpaired) electrons. The summed E-state index contributed by atoms with van der Waals surface area (Å²) in [5, 5.41) is 11.6.